The lowest BCUT2D eigenvalue weighted by Crippen LogP contribution is -2.46. The Morgan fingerprint density at radius 2 is 0.889 bits per heavy atom. The zero-order valence-electron chi connectivity index (χ0n) is 36.7. The number of quaternary nitrogens is 1. The lowest BCUT2D eigenvalue weighted by molar-refractivity contribution is -0.870. The minimum atomic E-state index is -4.30. The van der Waals surface area contributed by atoms with Crippen LogP contribution in [0.15, 0.2) is 0 Å². The Balaban J connectivity index is 4.03. The van der Waals surface area contributed by atoms with E-state index in [1.807, 2.05) is 21.1 Å². The second-order valence-corrected chi connectivity index (χ2v) is 19.0. The van der Waals surface area contributed by atoms with Crippen molar-refractivity contribution in [2.24, 2.45) is 0 Å². The molecular weight excluding hydrogens is 695 g/mol. The fraction of sp³-hybridized carbons (Fsp3) is 0.978. The van der Waals surface area contributed by atoms with Crippen LogP contribution in [0.5, 0.6) is 0 Å². The Labute approximate surface area is 336 Å². The summed E-state index contributed by atoms with van der Waals surface area (Å²) >= 11 is 0. The van der Waals surface area contributed by atoms with E-state index in [1.54, 1.807) is 0 Å². The molecule has 0 aromatic carbocycles. The van der Waals surface area contributed by atoms with Gasteiger partial charge in [-0.2, -0.15) is 0 Å². The second kappa shape index (κ2) is 38.0. The molecule has 0 heterocycles. The Bertz CT molecular complexity index is 855. The molecule has 3 N–H and O–H groups in total. The molecule has 0 fully saturated rings. The fourth-order valence-corrected chi connectivity index (χ4v) is 7.84. The third-order valence-corrected chi connectivity index (χ3v) is 11.8. The van der Waals surface area contributed by atoms with Crippen LogP contribution in [0.25, 0.3) is 0 Å². The van der Waals surface area contributed by atoms with Crippen LogP contribution in [0.3, 0.4) is 0 Å². The van der Waals surface area contributed by atoms with Gasteiger partial charge in [-0.25, -0.2) is 4.57 Å². The molecule has 0 radical (unpaired) electrons. The van der Waals surface area contributed by atoms with Crippen LogP contribution in [0, 0.1) is 0 Å². The molecular formula is C45H94N2O6P+. The fourth-order valence-electron chi connectivity index (χ4n) is 7.11. The van der Waals surface area contributed by atoms with Crippen LogP contribution >= 0.6 is 7.82 Å². The van der Waals surface area contributed by atoms with Gasteiger partial charge < -0.3 is 19.8 Å². The van der Waals surface area contributed by atoms with Gasteiger partial charge in [0.25, 0.3) is 0 Å². The number of nitrogens with zero attached hydrogens (tertiary/aromatic N) is 1. The quantitative estimate of drug-likeness (QED) is 0.0323. The number of hydrogen-bond donors (Lipinski definition) is 3. The topological polar surface area (TPSA) is 105 Å². The van der Waals surface area contributed by atoms with Gasteiger partial charge in [-0.1, -0.05) is 213 Å². The third-order valence-electron chi connectivity index (χ3n) is 10.9. The lowest BCUT2D eigenvalue weighted by Gasteiger charge is -2.26. The summed E-state index contributed by atoms with van der Waals surface area (Å²) < 4.78 is 23.5. The number of aliphatic hydroxyl groups excluding tert-OH is 1. The van der Waals surface area contributed by atoms with Crippen molar-refractivity contribution in [2.75, 3.05) is 40.9 Å². The van der Waals surface area contributed by atoms with Crippen molar-refractivity contribution in [1.82, 2.24) is 5.32 Å². The molecule has 0 aliphatic rings. The first-order valence-electron chi connectivity index (χ1n) is 23.4. The highest BCUT2D eigenvalue weighted by molar-refractivity contribution is 7.47. The molecule has 0 aromatic rings. The maximum atomic E-state index is 12.7. The van der Waals surface area contributed by atoms with E-state index in [9.17, 15) is 19.4 Å². The van der Waals surface area contributed by atoms with Crippen LogP contribution in [0.1, 0.15) is 232 Å². The molecule has 3 atom stereocenters. The first-order chi connectivity index (χ1) is 26.0. The van der Waals surface area contributed by atoms with Crippen molar-refractivity contribution in [2.45, 2.75) is 244 Å². The molecule has 324 valence electrons. The molecule has 8 nitrogen and oxygen atoms in total. The van der Waals surface area contributed by atoms with Gasteiger partial charge in [0, 0.05) is 6.42 Å². The van der Waals surface area contributed by atoms with E-state index in [0.29, 0.717) is 23.9 Å². The number of nitrogens with one attached hydrogen (secondary N) is 1. The summed E-state index contributed by atoms with van der Waals surface area (Å²) in [4.78, 5) is 23.0. The highest BCUT2D eigenvalue weighted by Crippen LogP contribution is 2.43. The summed E-state index contributed by atoms with van der Waals surface area (Å²) in [5.74, 6) is -0.148. The van der Waals surface area contributed by atoms with Gasteiger partial charge >= 0.3 is 7.82 Å². The van der Waals surface area contributed by atoms with E-state index in [0.717, 1.165) is 38.5 Å². The van der Waals surface area contributed by atoms with Gasteiger partial charge in [0.05, 0.1) is 39.9 Å². The van der Waals surface area contributed by atoms with Crippen molar-refractivity contribution >= 4 is 13.7 Å². The number of carbonyl (C=O) groups excluding carboxylic acids is 1. The van der Waals surface area contributed by atoms with E-state index in [2.05, 4.69) is 19.2 Å². The standard InChI is InChI=1S/C45H93N2O6P/c1-6-8-10-12-14-15-16-17-18-19-20-21-22-23-24-25-26-27-28-29-30-31-33-34-36-38-44(48)43(42-53-54(50,51)52-41-40-47(3,4)5)46-45(49)39-37-35-32-13-11-9-7-2/h43-44,48H,6-42H2,1-5H3,(H-,46,49,50,51)/p+1. The molecule has 1 amide bonds. The zero-order valence-corrected chi connectivity index (χ0v) is 37.6. The monoisotopic (exact) mass is 790 g/mol. The normalized spacial score (nSPS) is 14.3. The third kappa shape index (κ3) is 39.7. The molecule has 0 aromatic heterocycles. The summed E-state index contributed by atoms with van der Waals surface area (Å²) in [6, 6.07) is -0.751. The van der Waals surface area contributed by atoms with Crippen LogP contribution in [0.2, 0.25) is 0 Å². The molecule has 0 saturated heterocycles. The van der Waals surface area contributed by atoms with E-state index in [-0.39, 0.29) is 19.1 Å². The molecule has 54 heavy (non-hydrogen) atoms. The van der Waals surface area contributed by atoms with Gasteiger partial charge in [0.15, 0.2) is 0 Å². The number of aliphatic hydroxyl groups is 1. The van der Waals surface area contributed by atoms with Crippen molar-refractivity contribution < 1.29 is 32.9 Å². The summed E-state index contributed by atoms with van der Waals surface area (Å²) in [5, 5.41) is 13.9. The van der Waals surface area contributed by atoms with Gasteiger partial charge in [0.2, 0.25) is 5.91 Å². The molecule has 0 aliphatic carbocycles. The number of phosphoric ester groups is 1. The summed E-state index contributed by atoms with van der Waals surface area (Å²) in [6.45, 7) is 4.86. The Morgan fingerprint density at radius 3 is 1.24 bits per heavy atom. The minimum absolute atomic E-state index is 0.0781. The lowest BCUT2D eigenvalue weighted by atomic mass is 10.0. The van der Waals surface area contributed by atoms with Gasteiger partial charge in [0.1, 0.15) is 13.2 Å². The molecule has 0 spiro atoms. The molecule has 0 bridgehead atoms. The summed E-state index contributed by atoms with van der Waals surface area (Å²) in [5.41, 5.74) is 0. The maximum Gasteiger partial charge on any atom is 0.472 e. The Kier molecular flexibility index (Phi) is 37.7. The smallest absolute Gasteiger partial charge is 0.391 e. The molecule has 0 saturated carbocycles. The molecule has 9 heteroatoms. The van der Waals surface area contributed by atoms with Crippen LogP contribution in [-0.4, -0.2) is 73.4 Å². The number of amides is 1. The number of likely N-dealkylation sites (N-methyl/N-ethyl adjacent to an activating group) is 1. The first-order valence-corrected chi connectivity index (χ1v) is 24.9. The van der Waals surface area contributed by atoms with Crippen molar-refractivity contribution in [3.63, 3.8) is 0 Å². The molecule has 0 aliphatic heterocycles. The predicted molar refractivity (Wildman–Crippen MR) is 231 cm³/mol. The molecule has 3 unspecified atom stereocenters. The Morgan fingerprint density at radius 1 is 0.556 bits per heavy atom. The predicted octanol–water partition coefficient (Wildman–Crippen LogP) is 13.0. The van der Waals surface area contributed by atoms with Gasteiger partial charge in [-0.15, -0.1) is 0 Å². The van der Waals surface area contributed by atoms with Crippen molar-refractivity contribution in [3.8, 4) is 0 Å². The highest BCUT2D eigenvalue weighted by Gasteiger charge is 2.28. The zero-order chi connectivity index (χ0) is 40.0. The van der Waals surface area contributed by atoms with Crippen molar-refractivity contribution in [1.29, 1.82) is 0 Å². The Hall–Kier alpha value is -0.500. The number of hydrogen-bond acceptors (Lipinski definition) is 5. The summed E-state index contributed by atoms with van der Waals surface area (Å²) in [6.07, 6.45) is 41.6. The van der Waals surface area contributed by atoms with Gasteiger partial charge in [-0.3, -0.25) is 13.8 Å². The average molecular weight is 790 g/mol. The van der Waals surface area contributed by atoms with Crippen LogP contribution in [0.4, 0.5) is 0 Å². The highest BCUT2D eigenvalue weighted by atomic mass is 31.2. The van der Waals surface area contributed by atoms with Crippen molar-refractivity contribution in [3.05, 3.63) is 0 Å². The SMILES string of the molecule is CCCCCCCCCCCCCCCCCCCCCCCCCCCC(O)C(COP(=O)(O)OCC[N+](C)(C)C)NC(=O)CCCCCCCCC. The van der Waals surface area contributed by atoms with Gasteiger partial charge in [-0.05, 0) is 12.8 Å². The number of carbonyl (C=O) groups is 1. The molecule has 0 rings (SSSR count). The number of phosphoric acid groups is 1. The van der Waals surface area contributed by atoms with Crippen LogP contribution < -0.4 is 5.32 Å². The maximum absolute atomic E-state index is 12.7. The largest absolute Gasteiger partial charge is 0.472 e. The van der Waals surface area contributed by atoms with E-state index in [1.165, 1.54) is 167 Å². The van der Waals surface area contributed by atoms with E-state index < -0.39 is 20.0 Å². The second-order valence-electron chi connectivity index (χ2n) is 17.5. The van der Waals surface area contributed by atoms with E-state index >= 15 is 0 Å². The van der Waals surface area contributed by atoms with E-state index in [4.69, 9.17) is 9.05 Å². The first kappa shape index (κ1) is 53.5. The number of rotatable bonds is 43. The van der Waals surface area contributed by atoms with Crippen LogP contribution in [-0.2, 0) is 18.4 Å². The minimum Gasteiger partial charge on any atom is -0.391 e. The number of unbranched alkanes of at least 4 members (excludes halogenated alkanes) is 30. The summed E-state index contributed by atoms with van der Waals surface area (Å²) in [7, 11) is 1.63. The average Bonchev–Trinajstić information content (AvgIpc) is 3.12.